The average Bonchev–Trinajstić information content (AvgIpc) is 0.686. The van der Waals surface area contributed by atoms with Crippen LogP contribution in [-0.4, -0.2) is 13.4 Å². The summed E-state index contributed by atoms with van der Waals surface area (Å²) in [5.41, 5.74) is 35.0. The van der Waals surface area contributed by atoms with E-state index in [1.165, 1.54) is 100 Å². The molecule has 0 aliphatic carbocycles. The summed E-state index contributed by atoms with van der Waals surface area (Å²) in [5.74, 6) is 3.31. The van der Waals surface area contributed by atoms with Crippen molar-refractivity contribution in [1.82, 2.24) is 0 Å². The first-order valence-corrected chi connectivity index (χ1v) is 32.8. The zero-order valence-electron chi connectivity index (χ0n) is 56.2. The van der Waals surface area contributed by atoms with Gasteiger partial charge in [-0.25, -0.2) is 0 Å². The predicted molar refractivity (Wildman–Crippen MR) is 392 cm³/mol. The average molecular weight is 1200 g/mol. The van der Waals surface area contributed by atoms with Gasteiger partial charge in [0.2, 0.25) is 0 Å². The van der Waals surface area contributed by atoms with Gasteiger partial charge in [0, 0.05) is 81.1 Å². The second-order valence-corrected chi connectivity index (χ2v) is 28.7. The molecule has 0 bridgehead atoms. The van der Waals surface area contributed by atoms with E-state index in [-0.39, 0.29) is 24.3 Å². The molecular weight excluding hydrogens is 1120 g/mol. The molecule has 15 rings (SSSR count). The molecule has 4 aliphatic heterocycles. The molecular formula is C84H80B2N4O2. The van der Waals surface area contributed by atoms with Crippen LogP contribution in [0.25, 0.3) is 0 Å². The van der Waals surface area contributed by atoms with Crippen LogP contribution in [-0.2, 0) is 10.8 Å². The number of nitrogens with zero attached hydrogens (tertiary/aromatic N) is 4. The minimum Gasteiger partial charge on any atom is -0.457 e. The standard InChI is InChI=1S/C84H80B2N4O2/c1-49-25-17-19-35-67(49)87-71-48-72-66(47-65(71)85-63-39-37-59(83(11,12)13)41-69(63)89(79-51(3)27-21-28-52(79)4)75-45-61(43-73(87)77(75)85)91-81-55(7)31-23-32-56(81)8)86-64-40-38-60(84(14,15)16)42-70(64)90(80-53(5)29-22-30-54(80)6)76-46-62(92-82-57(9)33-24-34-58(82)10)44-74(78(76)86)88(72)68-36-20-18-26-50(68)2/h17-48H,1-16H3. The lowest BCUT2D eigenvalue weighted by molar-refractivity contribution is 0.475. The minimum atomic E-state index is -0.197. The quantitative estimate of drug-likeness (QED) is 0.141. The molecule has 4 heterocycles. The van der Waals surface area contributed by atoms with Gasteiger partial charge in [-0.05, 0) is 210 Å². The third-order valence-electron chi connectivity index (χ3n) is 20.2. The van der Waals surface area contributed by atoms with Crippen LogP contribution in [0.1, 0.15) is 108 Å². The van der Waals surface area contributed by atoms with E-state index in [9.17, 15) is 0 Å². The summed E-state index contributed by atoms with van der Waals surface area (Å²) in [4.78, 5) is 10.3. The Bertz CT molecular complexity index is 4530. The van der Waals surface area contributed by atoms with Crippen LogP contribution < -0.4 is 61.9 Å². The summed E-state index contributed by atoms with van der Waals surface area (Å²) in [6.45, 7) is 35.9. The SMILES string of the molecule is Cc1ccccc1N1c2cc3c(cc2B2c4ccc(C(C)(C)C)cc4N(c4c(C)cccc4C)c4cc(Oc5c(C)cccc5C)cc1c42)B1c2ccc(C(C)(C)C)cc2N(c2c(C)cccc2C)c2cc(Oc4c(C)cccc4C)cc(c21)N3c1ccccc1C. The fourth-order valence-electron chi connectivity index (χ4n) is 15.6. The number of rotatable bonds is 8. The van der Waals surface area contributed by atoms with E-state index in [1.54, 1.807) is 0 Å². The molecule has 0 radical (unpaired) electrons. The maximum absolute atomic E-state index is 7.39. The number of fused-ring (bicyclic) bond motifs is 8. The summed E-state index contributed by atoms with van der Waals surface area (Å²) >= 11 is 0. The third kappa shape index (κ3) is 9.21. The zero-order valence-corrected chi connectivity index (χ0v) is 56.2. The molecule has 11 aromatic rings. The Morgan fingerprint density at radius 3 is 0.902 bits per heavy atom. The van der Waals surface area contributed by atoms with E-state index in [4.69, 9.17) is 9.47 Å². The Balaban J connectivity index is 1.11. The zero-order chi connectivity index (χ0) is 64.1. The number of para-hydroxylation sites is 6. The van der Waals surface area contributed by atoms with Crippen molar-refractivity contribution in [2.24, 2.45) is 0 Å². The van der Waals surface area contributed by atoms with E-state index in [0.717, 1.165) is 90.8 Å². The van der Waals surface area contributed by atoms with Gasteiger partial charge in [-0.15, -0.1) is 0 Å². The fourth-order valence-corrected chi connectivity index (χ4v) is 15.6. The van der Waals surface area contributed by atoms with Crippen LogP contribution in [0.5, 0.6) is 23.0 Å². The van der Waals surface area contributed by atoms with Crippen molar-refractivity contribution in [1.29, 1.82) is 0 Å². The lowest BCUT2D eigenvalue weighted by atomic mass is 9.30. The topological polar surface area (TPSA) is 31.4 Å². The molecule has 0 fully saturated rings. The normalized spacial score (nSPS) is 13.5. The Morgan fingerprint density at radius 1 is 0.261 bits per heavy atom. The summed E-state index contributed by atoms with van der Waals surface area (Å²) in [6.07, 6.45) is 0. The van der Waals surface area contributed by atoms with E-state index in [0.29, 0.717) is 0 Å². The number of anilines is 12. The van der Waals surface area contributed by atoms with Crippen molar-refractivity contribution in [3.8, 4) is 23.0 Å². The molecule has 0 unspecified atom stereocenters. The largest absolute Gasteiger partial charge is 0.457 e. The number of hydrogen-bond acceptors (Lipinski definition) is 6. The van der Waals surface area contributed by atoms with Gasteiger partial charge < -0.3 is 29.1 Å². The highest BCUT2D eigenvalue weighted by Crippen LogP contribution is 2.53. The second kappa shape index (κ2) is 21.5. The maximum Gasteiger partial charge on any atom is 0.252 e. The molecule has 92 heavy (non-hydrogen) atoms. The van der Waals surface area contributed by atoms with E-state index < -0.39 is 0 Å². The first kappa shape index (κ1) is 58.7. The molecule has 0 amide bonds. The van der Waals surface area contributed by atoms with Crippen molar-refractivity contribution in [3.05, 3.63) is 261 Å². The number of benzene rings is 11. The molecule has 0 atom stereocenters. The van der Waals surface area contributed by atoms with Gasteiger partial charge in [-0.1, -0.05) is 181 Å². The van der Waals surface area contributed by atoms with Crippen molar-refractivity contribution in [2.45, 2.75) is 122 Å². The van der Waals surface area contributed by atoms with Gasteiger partial charge in [0.15, 0.2) is 0 Å². The predicted octanol–water partition coefficient (Wildman–Crippen LogP) is 19.1. The molecule has 0 aromatic heterocycles. The van der Waals surface area contributed by atoms with E-state index >= 15 is 0 Å². The molecule has 0 saturated carbocycles. The lowest BCUT2D eigenvalue weighted by Gasteiger charge is -2.48. The molecule has 0 saturated heterocycles. The minimum absolute atomic E-state index is 0.134. The first-order valence-electron chi connectivity index (χ1n) is 32.8. The van der Waals surface area contributed by atoms with Gasteiger partial charge in [0.1, 0.15) is 23.0 Å². The number of hydrogen-bond donors (Lipinski definition) is 0. The molecule has 0 spiro atoms. The first-order chi connectivity index (χ1) is 44.0. The van der Waals surface area contributed by atoms with E-state index in [2.05, 4.69) is 325 Å². The van der Waals surface area contributed by atoms with Crippen LogP contribution >= 0.6 is 0 Å². The molecule has 6 nitrogen and oxygen atoms in total. The van der Waals surface area contributed by atoms with Gasteiger partial charge in [-0.2, -0.15) is 0 Å². The highest BCUT2D eigenvalue weighted by molar-refractivity contribution is 7.03. The lowest BCUT2D eigenvalue weighted by Crippen LogP contribution is -2.65. The third-order valence-corrected chi connectivity index (χ3v) is 20.2. The second-order valence-electron chi connectivity index (χ2n) is 28.7. The summed E-state index contributed by atoms with van der Waals surface area (Å²) in [6, 6.07) is 73.6. The Kier molecular flexibility index (Phi) is 13.7. The van der Waals surface area contributed by atoms with Crippen LogP contribution in [0.15, 0.2) is 194 Å². The van der Waals surface area contributed by atoms with Crippen LogP contribution in [0.4, 0.5) is 68.2 Å². The highest BCUT2D eigenvalue weighted by Gasteiger charge is 2.50. The van der Waals surface area contributed by atoms with E-state index in [1.807, 2.05) is 0 Å². The van der Waals surface area contributed by atoms with Crippen LogP contribution in [0.3, 0.4) is 0 Å². The van der Waals surface area contributed by atoms with Crippen molar-refractivity contribution < 1.29 is 9.47 Å². The fraction of sp³-hybridized carbons (Fsp3) is 0.214. The Labute approximate surface area is 545 Å². The van der Waals surface area contributed by atoms with Crippen LogP contribution in [0, 0.1) is 69.2 Å². The Morgan fingerprint density at radius 2 is 0.565 bits per heavy atom. The summed E-state index contributed by atoms with van der Waals surface area (Å²) in [7, 11) is 0. The van der Waals surface area contributed by atoms with Gasteiger partial charge in [-0.3, -0.25) is 0 Å². The number of ether oxygens (including phenoxy) is 2. The molecule has 11 aromatic carbocycles. The summed E-state index contributed by atoms with van der Waals surface area (Å²) in [5, 5.41) is 0. The van der Waals surface area contributed by atoms with Crippen molar-refractivity contribution in [2.75, 3.05) is 19.6 Å². The molecule has 454 valence electrons. The highest BCUT2D eigenvalue weighted by atomic mass is 16.5. The Hall–Kier alpha value is -9.65. The molecule has 4 aliphatic rings. The van der Waals surface area contributed by atoms with Crippen molar-refractivity contribution in [3.63, 3.8) is 0 Å². The monoisotopic (exact) mass is 1200 g/mol. The van der Waals surface area contributed by atoms with Gasteiger partial charge in [0.25, 0.3) is 13.4 Å². The molecule has 0 N–H and O–H groups in total. The number of aryl methyl sites for hydroxylation is 10. The smallest absolute Gasteiger partial charge is 0.252 e. The van der Waals surface area contributed by atoms with Gasteiger partial charge >= 0.3 is 0 Å². The van der Waals surface area contributed by atoms with Crippen molar-refractivity contribution >= 4 is 114 Å². The van der Waals surface area contributed by atoms with Crippen LogP contribution in [0.2, 0.25) is 0 Å². The summed E-state index contributed by atoms with van der Waals surface area (Å²) < 4.78 is 14.8. The van der Waals surface area contributed by atoms with Gasteiger partial charge in [0.05, 0.1) is 11.4 Å². The maximum atomic E-state index is 7.39. The molecule has 8 heteroatoms.